The van der Waals surface area contributed by atoms with Crippen molar-refractivity contribution in [1.82, 2.24) is 21.3 Å². The summed E-state index contributed by atoms with van der Waals surface area (Å²) in [5.74, 6) is 0.706. The Morgan fingerprint density at radius 3 is 1.63 bits per heavy atom. The zero-order chi connectivity index (χ0) is 13.8. The van der Waals surface area contributed by atoms with Crippen molar-refractivity contribution in [3.63, 3.8) is 0 Å². The molecule has 0 aromatic heterocycles. The fraction of sp³-hybridized carbons (Fsp3) is 0.833. The molecular formula is C12H24N4O2S. The zero-order valence-electron chi connectivity index (χ0n) is 11.3. The van der Waals surface area contributed by atoms with Crippen LogP contribution < -0.4 is 21.3 Å². The highest BCUT2D eigenvalue weighted by Gasteiger charge is 2.05. The second kappa shape index (κ2) is 11.1. The van der Waals surface area contributed by atoms with Gasteiger partial charge in [-0.3, -0.25) is 9.59 Å². The summed E-state index contributed by atoms with van der Waals surface area (Å²) < 4.78 is 0. The lowest BCUT2D eigenvalue weighted by atomic mass is 10.4. The summed E-state index contributed by atoms with van der Waals surface area (Å²) in [5.41, 5.74) is 0. The summed E-state index contributed by atoms with van der Waals surface area (Å²) in [7, 11) is 0. The molecule has 0 aromatic rings. The monoisotopic (exact) mass is 288 g/mol. The van der Waals surface area contributed by atoms with Crippen LogP contribution in [0.25, 0.3) is 0 Å². The SMILES string of the molecule is O=C1CSCC(=O)NCCCNCCNCCCN1. The molecule has 1 fully saturated rings. The van der Waals surface area contributed by atoms with Crippen LogP contribution in [0.15, 0.2) is 0 Å². The highest BCUT2D eigenvalue weighted by Crippen LogP contribution is 1.98. The molecule has 0 saturated carbocycles. The van der Waals surface area contributed by atoms with Crippen molar-refractivity contribution >= 4 is 23.6 Å². The van der Waals surface area contributed by atoms with Gasteiger partial charge in [0.25, 0.3) is 0 Å². The molecule has 0 spiro atoms. The van der Waals surface area contributed by atoms with Crippen LogP contribution in [-0.2, 0) is 9.59 Å². The van der Waals surface area contributed by atoms with Crippen molar-refractivity contribution < 1.29 is 9.59 Å². The topological polar surface area (TPSA) is 82.3 Å². The van der Waals surface area contributed by atoms with Gasteiger partial charge in [-0.2, -0.15) is 0 Å². The molecular weight excluding hydrogens is 264 g/mol. The number of nitrogens with one attached hydrogen (secondary N) is 4. The first-order valence-electron chi connectivity index (χ1n) is 6.81. The first kappa shape index (κ1) is 16.3. The smallest absolute Gasteiger partial charge is 0.230 e. The first-order valence-corrected chi connectivity index (χ1v) is 7.97. The van der Waals surface area contributed by atoms with Gasteiger partial charge in [-0.1, -0.05) is 0 Å². The standard InChI is InChI=1S/C12H24N4O2S/c17-11-9-19-10-12(18)16-6-2-4-14-8-7-13-3-1-5-15-11/h13-14H,1-10H2,(H,15,17)(H,16,18). The van der Waals surface area contributed by atoms with Crippen molar-refractivity contribution in [3.05, 3.63) is 0 Å². The van der Waals surface area contributed by atoms with E-state index in [1.54, 1.807) is 0 Å². The Hall–Kier alpha value is -0.790. The van der Waals surface area contributed by atoms with Crippen LogP contribution in [0, 0.1) is 0 Å². The van der Waals surface area contributed by atoms with Crippen molar-refractivity contribution in [2.75, 3.05) is 50.8 Å². The second-order valence-corrected chi connectivity index (χ2v) is 5.39. The minimum absolute atomic E-state index is 0.00350. The van der Waals surface area contributed by atoms with Gasteiger partial charge in [-0.25, -0.2) is 0 Å². The molecule has 1 rings (SSSR count). The Balaban J connectivity index is 2.22. The third-order valence-corrected chi connectivity index (χ3v) is 3.58. The van der Waals surface area contributed by atoms with Crippen molar-refractivity contribution in [2.24, 2.45) is 0 Å². The summed E-state index contributed by atoms with van der Waals surface area (Å²) in [6, 6.07) is 0. The lowest BCUT2D eigenvalue weighted by Crippen LogP contribution is -2.32. The lowest BCUT2D eigenvalue weighted by Gasteiger charge is -2.07. The van der Waals surface area contributed by atoms with Gasteiger partial charge in [0, 0.05) is 26.2 Å². The van der Waals surface area contributed by atoms with Crippen molar-refractivity contribution in [3.8, 4) is 0 Å². The number of thioether (sulfide) groups is 1. The molecule has 1 heterocycles. The van der Waals surface area contributed by atoms with Crippen molar-refractivity contribution in [1.29, 1.82) is 0 Å². The van der Waals surface area contributed by atoms with E-state index in [4.69, 9.17) is 0 Å². The predicted octanol–water partition coefficient (Wildman–Crippen LogP) is -1.07. The van der Waals surface area contributed by atoms with Crippen LogP contribution in [0.1, 0.15) is 12.8 Å². The molecule has 0 aliphatic carbocycles. The fourth-order valence-corrected chi connectivity index (χ4v) is 2.32. The Labute approximate surface area is 118 Å². The minimum atomic E-state index is 0.00350. The maximum atomic E-state index is 11.4. The third-order valence-electron chi connectivity index (χ3n) is 2.65. The number of carbonyl (C=O) groups is 2. The van der Waals surface area contributed by atoms with E-state index in [0.717, 1.165) is 39.0 Å². The van der Waals surface area contributed by atoms with E-state index in [-0.39, 0.29) is 11.8 Å². The normalized spacial score (nSPS) is 22.1. The quantitative estimate of drug-likeness (QED) is 0.456. The molecule has 4 N–H and O–H groups in total. The van der Waals surface area contributed by atoms with Gasteiger partial charge < -0.3 is 21.3 Å². The summed E-state index contributed by atoms with van der Waals surface area (Å²) in [6.45, 7) is 5.05. The molecule has 0 bridgehead atoms. The molecule has 6 nitrogen and oxygen atoms in total. The molecule has 0 unspecified atom stereocenters. The number of hydrogen-bond acceptors (Lipinski definition) is 5. The third kappa shape index (κ3) is 9.75. The molecule has 0 aromatic carbocycles. The maximum Gasteiger partial charge on any atom is 0.230 e. The largest absolute Gasteiger partial charge is 0.355 e. The van der Waals surface area contributed by atoms with E-state index in [1.165, 1.54) is 11.8 Å². The van der Waals surface area contributed by atoms with Crippen LogP contribution in [0.5, 0.6) is 0 Å². The van der Waals surface area contributed by atoms with Crippen molar-refractivity contribution in [2.45, 2.75) is 12.8 Å². The number of rotatable bonds is 0. The van der Waals surface area contributed by atoms with Gasteiger partial charge in [-0.05, 0) is 25.9 Å². The summed E-state index contributed by atoms with van der Waals surface area (Å²) in [4.78, 5) is 22.9. The second-order valence-electron chi connectivity index (χ2n) is 4.40. The Morgan fingerprint density at radius 2 is 1.16 bits per heavy atom. The highest BCUT2D eigenvalue weighted by molar-refractivity contribution is 8.00. The molecule has 1 saturated heterocycles. The first-order chi connectivity index (χ1) is 9.29. The van der Waals surface area contributed by atoms with Crippen LogP contribution >= 0.6 is 11.8 Å². The molecule has 7 heteroatoms. The van der Waals surface area contributed by atoms with E-state index in [1.807, 2.05) is 0 Å². The van der Waals surface area contributed by atoms with Crippen LogP contribution in [-0.4, -0.2) is 62.6 Å². The summed E-state index contributed by atoms with van der Waals surface area (Å²) in [5, 5.41) is 12.3. The van der Waals surface area contributed by atoms with Crippen LogP contribution in [0.4, 0.5) is 0 Å². The highest BCUT2D eigenvalue weighted by atomic mass is 32.2. The molecule has 19 heavy (non-hydrogen) atoms. The molecule has 1 aliphatic heterocycles. The molecule has 0 radical (unpaired) electrons. The van der Waals surface area contributed by atoms with Gasteiger partial charge in [-0.15, -0.1) is 11.8 Å². The number of hydrogen-bond donors (Lipinski definition) is 4. The Morgan fingerprint density at radius 1 is 0.684 bits per heavy atom. The average Bonchev–Trinajstić information content (AvgIpc) is 2.39. The van der Waals surface area contributed by atoms with Gasteiger partial charge in [0.15, 0.2) is 0 Å². The fourth-order valence-electron chi connectivity index (χ4n) is 1.65. The van der Waals surface area contributed by atoms with Gasteiger partial charge >= 0.3 is 0 Å². The van der Waals surface area contributed by atoms with E-state index in [2.05, 4.69) is 21.3 Å². The Kier molecular flexibility index (Phi) is 9.48. The van der Waals surface area contributed by atoms with Crippen LogP contribution in [0.2, 0.25) is 0 Å². The zero-order valence-corrected chi connectivity index (χ0v) is 12.1. The molecule has 1 aliphatic rings. The van der Waals surface area contributed by atoms with E-state index in [9.17, 15) is 9.59 Å². The summed E-state index contributed by atoms with van der Waals surface area (Å²) in [6.07, 6.45) is 1.85. The Bertz CT molecular complexity index is 250. The van der Waals surface area contributed by atoms with Gasteiger partial charge in [0.2, 0.25) is 11.8 Å². The molecule has 2 amide bonds. The molecule has 0 atom stereocenters. The van der Waals surface area contributed by atoms with E-state index >= 15 is 0 Å². The average molecular weight is 288 g/mol. The summed E-state index contributed by atoms with van der Waals surface area (Å²) >= 11 is 1.35. The number of carbonyl (C=O) groups excluding carboxylic acids is 2. The lowest BCUT2D eigenvalue weighted by molar-refractivity contribution is -0.118. The predicted molar refractivity (Wildman–Crippen MR) is 78.3 cm³/mol. The van der Waals surface area contributed by atoms with E-state index < -0.39 is 0 Å². The maximum absolute atomic E-state index is 11.4. The van der Waals surface area contributed by atoms with Crippen LogP contribution in [0.3, 0.4) is 0 Å². The molecule has 110 valence electrons. The van der Waals surface area contributed by atoms with E-state index in [0.29, 0.717) is 24.6 Å². The van der Waals surface area contributed by atoms with Gasteiger partial charge in [0.05, 0.1) is 11.5 Å². The minimum Gasteiger partial charge on any atom is -0.355 e. The van der Waals surface area contributed by atoms with Gasteiger partial charge in [0.1, 0.15) is 0 Å². The number of amides is 2.